The molecule has 3 aromatic rings. The zero-order valence-electron chi connectivity index (χ0n) is 22.8. The molecule has 0 saturated heterocycles. The van der Waals surface area contributed by atoms with Gasteiger partial charge in [-0.1, -0.05) is 24.3 Å². The Morgan fingerprint density at radius 3 is 2.43 bits per heavy atom. The molecule has 0 radical (unpaired) electrons. The number of rotatable bonds is 7. The Hall–Kier alpha value is -3.54. The lowest BCUT2D eigenvalue weighted by Gasteiger charge is -2.38. The molecular formula is C31H36O6. The van der Waals surface area contributed by atoms with E-state index in [1.807, 2.05) is 64.1 Å². The monoisotopic (exact) mass is 504 g/mol. The smallest absolute Gasteiger partial charge is 0.313 e. The van der Waals surface area contributed by atoms with Gasteiger partial charge in [-0.15, -0.1) is 0 Å². The van der Waals surface area contributed by atoms with E-state index in [0.29, 0.717) is 12.2 Å². The van der Waals surface area contributed by atoms with Gasteiger partial charge in [-0.3, -0.25) is 9.59 Å². The zero-order valence-corrected chi connectivity index (χ0v) is 22.8. The molecule has 4 rings (SSSR count). The van der Waals surface area contributed by atoms with Crippen molar-refractivity contribution in [3.63, 3.8) is 0 Å². The van der Waals surface area contributed by atoms with Gasteiger partial charge in [0.1, 0.15) is 22.8 Å². The second-order valence-corrected chi connectivity index (χ2v) is 10.3. The summed E-state index contributed by atoms with van der Waals surface area (Å²) in [6.07, 6.45) is 2.18. The fourth-order valence-electron chi connectivity index (χ4n) is 5.02. The van der Waals surface area contributed by atoms with Crippen LogP contribution in [0, 0.1) is 20.8 Å². The first kappa shape index (κ1) is 26.5. The van der Waals surface area contributed by atoms with Crippen LogP contribution in [-0.2, 0) is 20.7 Å². The van der Waals surface area contributed by atoms with E-state index in [1.165, 1.54) is 6.92 Å². The van der Waals surface area contributed by atoms with Crippen molar-refractivity contribution in [2.24, 2.45) is 0 Å². The third-order valence-electron chi connectivity index (χ3n) is 7.61. The van der Waals surface area contributed by atoms with Crippen LogP contribution < -0.4 is 14.2 Å². The Balaban J connectivity index is 1.41. The van der Waals surface area contributed by atoms with Crippen LogP contribution in [0.2, 0.25) is 0 Å². The maximum atomic E-state index is 12.9. The number of ether oxygens (including phenoxy) is 4. The second kappa shape index (κ2) is 10.4. The van der Waals surface area contributed by atoms with Crippen molar-refractivity contribution in [2.45, 2.75) is 72.3 Å². The molecule has 6 heteroatoms. The van der Waals surface area contributed by atoms with Crippen molar-refractivity contribution in [2.75, 3.05) is 13.7 Å². The molecule has 0 bridgehead atoms. The highest BCUT2D eigenvalue weighted by Crippen LogP contribution is 2.44. The van der Waals surface area contributed by atoms with Crippen LogP contribution in [0.25, 0.3) is 10.8 Å². The minimum absolute atomic E-state index is 0.249. The Morgan fingerprint density at radius 2 is 1.73 bits per heavy atom. The van der Waals surface area contributed by atoms with Crippen LogP contribution in [0.3, 0.4) is 0 Å². The van der Waals surface area contributed by atoms with Crippen LogP contribution in [-0.4, -0.2) is 31.3 Å². The Labute approximate surface area is 218 Å². The third kappa shape index (κ3) is 5.43. The lowest BCUT2D eigenvalue weighted by atomic mass is 9.85. The highest BCUT2D eigenvalue weighted by molar-refractivity contribution is 5.86. The quantitative estimate of drug-likeness (QED) is 0.269. The molecule has 0 unspecified atom stereocenters. The zero-order chi connectivity index (χ0) is 26.9. The summed E-state index contributed by atoms with van der Waals surface area (Å²) in [6, 6.07) is 11.9. The summed E-state index contributed by atoms with van der Waals surface area (Å²) < 4.78 is 23.0. The molecule has 0 aliphatic carbocycles. The number of hydrogen-bond donors (Lipinski definition) is 0. The van der Waals surface area contributed by atoms with Gasteiger partial charge in [-0.2, -0.15) is 0 Å². The molecule has 0 amide bonds. The average Bonchev–Trinajstić information content (AvgIpc) is 2.88. The summed E-state index contributed by atoms with van der Waals surface area (Å²) >= 11 is 0. The van der Waals surface area contributed by atoms with Gasteiger partial charge in [0.25, 0.3) is 0 Å². The van der Waals surface area contributed by atoms with E-state index in [2.05, 4.69) is 6.92 Å². The third-order valence-corrected chi connectivity index (χ3v) is 7.61. The van der Waals surface area contributed by atoms with Crippen molar-refractivity contribution >= 4 is 22.7 Å². The molecule has 0 fully saturated rings. The van der Waals surface area contributed by atoms with Gasteiger partial charge in [-0.25, -0.2) is 0 Å². The largest absolute Gasteiger partial charge is 0.497 e. The lowest BCUT2D eigenvalue weighted by molar-refractivity contribution is -0.146. The molecule has 2 atom stereocenters. The maximum Gasteiger partial charge on any atom is 0.313 e. The molecule has 196 valence electrons. The lowest BCUT2D eigenvalue weighted by Crippen LogP contribution is -2.38. The topological polar surface area (TPSA) is 71.1 Å². The number of esters is 2. The predicted molar refractivity (Wildman–Crippen MR) is 144 cm³/mol. The van der Waals surface area contributed by atoms with Gasteiger partial charge < -0.3 is 18.9 Å². The minimum atomic E-state index is -0.453. The number of carbonyl (C=O) groups is 2. The second-order valence-electron chi connectivity index (χ2n) is 10.3. The van der Waals surface area contributed by atoms with Gasteiger partial charge in [-0.05, 0) is 92.6 Å². The van der Waals surface area contributed by atoms with Crippen LogP contribution in [0.5, 0.6) is 17.2 Å². The SMILES string of the molecule is COc1ccc2cc([C@H](C)C(=O)OCC[C@]3(C)CCc4c(C)c(OC(C)=O)c(C)c(C)c4O3)ccc2c1. The van der Waals surface area contributed by atoms with Crippen LogP contribution >= 0.6 is 0 Å². The van der Waals surface area contributed by atoms with Gasteiger partial charge in [0.15, 0.2) is 0 Å². The Morgan fingerprint density at radius 1 is 1.03 bits per heavy atom. The molecule has 6 nitrogen and oxygen atoms in total. The summed E-state index contributed by atoms with van der Waals surface area (Å²) in [7, 11) is 1.65. The molecule has 0 spiro atoms. The molecule has 3 aromatic carbocycles. The summed E-state index contributed by atoms with van der Waals surface area (Å²) in [5.74, 6) is 1.34. The molecule has 1 heterocycles. The van der Waals surface area contributed by atoms with Crippen LogP contribution in [0.15, 0.2) is 36.4 Å². The fraction of sp³-hybridized carbons (Fsp3) is 0.419. The van der Waals surface area contributed by atoms with E-state index in [-0.39, 0.29) is 24.5 Å². The van der Waals surface area contributed by atoms with E-state index in [0.717, 1.165) is 62.9 Å². The first-order chi connectivity index (χ1) is 17.5. The molecule has 37 heavy (non-hydrogen) atoms. The Kier molecular flexibility index (Phi) is 7.49. The van der Waals surface area contributed by atoms with Crippen molar-refractivity contribution in [3.8, 4) is 17.2 Å². The minimum Gasteiger partial charge on any atom is -0.497 e. The molecule has 0 N–H and O–H groups in total. The van der Waals surface area contributed by atoms with E-state index < -0.39 is 5.60 Å². The van der Waals surface area contributed by atoms with E-state index in [4.69, 9.17) is 18.9 Å². The van der Waals surface area contributed by atoms with Crippen molar-refractivity contribution in [3.05, 3.63) is 64.2 Å². The standard InChI is InChI=1S/C31H36O6/c1-18-19(2)29-27(21(4)28(18)36-22(5)32)12-13-31(6,37-29)14-15-35-30(33)20(3)23-8-9-25-17-26(34-7)11-10-24(25)16-23/h8-11,16-17,20H,12-15H2,1-7H3/t20-,31-/m0/s1. The average molecular weight is 505 g/mol. The van der Waals surface area contributed by atoms with Gasteiger partial charge >= 0.3 is 11.9 Å². The van der Waals surface area contributed by atoms with Gasteiger partial charge in [0, 0.05) is 18.9 Å². The summed E-state index contributed by atoms with van der Waals surface area (Å²) in [6.45, 7) is 11.5. The number of fused-ring (bicyclic) bond motifs is 2. The van der Waals surface area contributed by atoms with Crippen LogP contribution in [0.1, 0.15) is 67.3 Å². The normalized spacial score (nSPS) is 17.5. The number of benzene rings is 3. The van der Waals surface area contributed by atoms with Crippen molar-refractivity contribution < 1.29 is 28.5 Å². The van der Waals surface area contributed by atoms with Gasteiger partial charge in [0.2, 0.25) is 0 Å². The van der Waals surface area contributed by atoms with Gasteiger partial charge in [0.05, 0.1) is 19.6 Å². The highest BCUT2D eigenvalue weighted by Gasteiger charge is 2.35. The van der Waals surface area contributed by atoms with E-state index >= 15 is 0 Å². The predicted octanol–water partition coefficient (Wildman–Crippen LogP) is 6.52. The molecule has 1 aliphatic heterocycles. The van der Waals surface area contributed by atoms with E-state index in [9.17, 15) is 9.59 Å². The summed E-state index contributed by atoms with van der Waals surface area (Å²) in [5.41, 5.74) is 4.38. The summed E-state index contributed by atoms with van der Waals surface area (Å²) in [4.78, 5) is 24.5. The fourth-order valence-corrected chi connectivity index (χ4v) is 5.02. The number of hydrogen-bond acceptors (Lipinski definition) is 6. The van der Waals surface area contributed by atoms with Crippen molar-refractivity contribution in [1.29, 1.82) is 0 Å². The first-order valence-electron chi connectivity index (χ1n) is 12.8. The van der Waals surface area contributed by atoms with E-state index in [1.54, 1.807) is 7.11 Å². The molecule has 1 aliphatic rings. The first-order valence-corrected chi connectivity index (χ1v) is 12.8. The van der Waals surface area contributed by atoms with Crippen molar-refractivity contribution in [1.82, 2.24) is 0 Å². The summed E-state index contributed by atoms with van der Waals surface area (Å²) in [5, 5.41) is 2.12. The molecular weight excluding hydrogens is 468 g/mol. The maximum absolute atomic E-state index is 12.9. The number of carbonyl (C=O) groups excluding carboxylic acids is 2. The highest BCUT2D eigenvalue weighted by atomic mass is 16.5. The number of methoxy groups -OCH3 is 1. The van der Waals surface area contributed by atoms with Crippen LogP contribution in [0.4, 0.5) is 0 Å². The molecule has 0 saturated carbocycles. The Bertz CT molecular complexity index is 1360. The molecule has 0 aromatic heterocycles.